The average Bonchev–Trinajstić information content (AvgIpc) is 2.45. The van der Waals surface area contributed by atoms with Gasteiger partial charge in [0.15, 0.2) is 17.4 Å². The Bertz CT molecular complexity index is 660. The van der Waals surface area contributed by atoms with Crippen LogP contribution in [0.15, 0.2) is 50.5 Å². The second-order valence-corrected chi connectivity index (χ2v) is 5.49. The van der Waals surface area contributed by atoms with Crippen LogP contribution in [0.5, 0.6) is 11.5 Å². The Morgan fingerprint density at radius 2 is 1.80 bits per heavy atom. The quantitative estimate of drug-likeness (QED) is 0.348. The Hall–Kier alpha value is -1.60. The van der Waals surface area contributed by atoms with Gasteiger partial charge in [-0.3, -0.25) is 0 Å². The Balaban J connectivity index is 2.34. The summed E-state index contributed by atoms with van der Waals surface area (Å²) in [5.74, 6) is -0.285. The molecule has 3 N–H and O–H groups in total. The van der Waals surface area contributed by atoms with Crippen LogP contribution in [0.3, 0.4) is 0 Å². The molecule has 0 aliphatic heterocycles. The van der Waals surface area contributed by atoms with E-state index >= 15 is 0 Å². The highest BCUT2D eigenvalue weighted by Crippen LogP contribution is 2.32. The van der Waals surface area contributed by atoms with Crippen molar-refractivity contribution in [2.24, 2.45) is 10.9 Å². The number of amidine groups is 1. The third kappa shape index (κ3) is 3.10. The number of halogens is 3. The molecule has 0 spiro atoms. The lowest BCUT2D eigenvalue weighted by Crippen LogP contribution is -2.14. The first kappa shape index (κ1) is 14.8. The van der Waals surface area contributed by atoms with Gasteiger partial charge in [-0.1, -0.05) is 21.1 Å². The van der Waals surface area contributed by atoms with E-state index in [1.54, 1.807) is 24.3 Å². The first-order valence-electron chi connectivity index (χ1n) is 5.42. The van der Waals surface area contributed by atoms with E-state index in [4.69, 9.17) is 15.7 Å². The zero-order chi connectivity index (χ0) is 14.7. The van der Waals surface area contributed by atoms with Gasteiger partial charge < -0.3 is 15.7 Å². The fraction of sp³-hybridized carbons (Fsp3) is 0. The van der Waals surface area contributed by atoms with Gasteiger partial charge in [0, 0.05) is 10.0 Å². The molecule has 0 fully saturated rings. The maximum absolute atomic E-state index is 14.2. The minimum absolute atomic E-state index is 0.0358. The maximum Gasteiger partial charge on any atom is 0.180 e. The van der Waals surface area contributed by atoms with Crippen LogP contribution >= 0.6 is 31.9 Å². The minimum atomic E-state index is -0.628. The summed E-state index contributed by atoms with van der Waals surface area (Å²) in [7, 11) is 0. The highest BCUT2D eigenvalue weighted by atomic mass is 79.9. The van der Waals surface area contributed by atoms with E-state index in [1.165, 1.54) is 12.1 Å². The summed E-state index contributed by atoms with van der Waals surface area (Å²) >= 11 is 6.37. The van der Waals surface area contributed by atoms with Crippen molar-refractivity contribution in [3.8, 4) is 11.5 Å². The fourth-order valence-electron chi connectivity index (χ4n) is 1.49. The van der Waals surface area contributed by atoms with Crippen LogP contribution in [0, 0.1) is 5.82 Å². The summed E-state index contributed by atoms with van der Waals surface area (Å²) in [6.07, 6.45) is 0. The molecule has 0 amide bonds. The van der Waals surface area contributed by atoms with Gasteiger partial charge in [-0.15, -0.1) is 0 Å². The monoisotopic (exact) mass is 402 g/mol. The highest BCUT2D eigenvalue weighted by Gasteiger charge is 2.15. The molecule has 0 saturated heterocycles. The summed E-state index contributed by atoms with van der Waals surface area (Å²) in [6, 6.07) is 9.88. The lowest BCUT2D eigenvalue weighted by Gasteiger charge is -2.10. The predicted octanol–water partition coefficient (Wildman–Crippen LogP) is 4.24. The molecule has 4 nitrogen and oxygen atoms in total. The van der Waals surface area contributed by atoms with Crippen LogP contribution in [0.4, 0.5) is 4.39 Å². The van der Waals surface area contributed by atoms with Crippen LogP contribution in [0.1, 0.15) is 5.56 Å². The molecule has 7 heteroatoms. The molecule has 0 aliphatic carbocycles. The second kappa shape index (κ2) is 6.23. The summed E-state index contributed by atoms with van der Waals surface area (Å²) < 4.78 is 20.6. The van der Waals surface area contributed by atoms with Crippen molar-refractivity contribution in [3.63, 3.8) is 0 Å². The Morgan fingerprint density at radius 3 is 2.40 bits per heavy atom. The van der Waals surface area contributed by atoms with Crippen molar-refractivity contribution in [2.75, 3.05) is 0 Å². The van der Waals surface area contributed by atoms with Crippen molar-refractivity contribution in [1.29, 1.82) is 0 Å². The molecule has 104 valence electrons. The Kier molecular flexibility index (Phi) is 4.61. The number of rotatable bonds is 3. The summed E-state index contributed by atoms with van der Waals surface area (Å²) in [4.78, 5) is 0. The fourth-order valence-corrected chi connectivity index (χ4v) is 2.29. The third-order valence-corrected chi connectivity index (χ3v) is 3.78. The molecule has 0 aromatic heterocycles. The lowest BCUT2D eigenvalue weighted by atomic mass is 10.2. The van der Waals surface area contributed by atoms with E-state index in [0.717, 1.165) is 4.47 Å². The van der Waals surface area contributed by atoms with Gasteiger partial charge in [0.2, 0.25) is 0 Å². The molecular weight excluding hydrogens is 395 g/mol. The van der Waals surface area contributed by atoms with Crippen molar-refractivity contribution < 1.29 is 14.3 Å². The van der Waals surface area contributed by atoms with Gasteiger partial charge in [-0.2, -0.15) is 0 Å². The molecule has 20 heavy (non-hydrogen) atoms. The molecule has 0 heterocycles. The largest absolute Gasteiger partial charge is 0.454 e. The van der Waals surface area contributed by atoms with E-state index in [1.807, 2.05) is 0 Å². The van der Waals surface area contributed by atoms with Crippen molar-refractivity contribution in [2.45, 2.75) is 0 Å². The zero-order valence-electron chi connectivity index (χ0n) is 9.98. The van der Waals surface area contributed by atoms with E-state index < -0.39 is 5.82 Å². The van der Waals surface area contributed by atoms with Crippen LogP contribution in [-0.2, 0) is 0 Å². The van der Waals surface area contributed by atoms with Crippen molar-refractivity contribution in [1.82, 2.24) is 0 Å². The van der Waals surface area contributed by atoms with Crippen LogP contribution in [0.2, 0.25) is 0 Å². The zero-order valence-corrected chi connectivity index (χ0v) is 13.2. The van der Waals surface area contributed by atoms with Crippen LogP contribution in [0.25, 0.3) is 0 Å². The summed E-state index contributed by atoms with van der Waals surface area (Å²) in [6.45, 7) is 0. The number of nitrogens with two attached hydrogens (primary N) is 1. The molecule has 0 aliphatic rings. The Labute approximate surface area is 131 Å². The normalized spacial score (nSPS) is 11.4. The number of nitrogens with zero attached hydrogens (tertiary/aromatic N) is 1. The lowest BCUT2D eigenvalue weighted by molar-refractivity contribution is 0.318. The summed E-state index contributed by atoms with van der Waals surface area (Å²) in [5, 5.41) is 11.5. The standard InChI is InChI=1S/C13H9Br2FN2O2/c14-7-1-3-8(4-2-7)20-10-6-5-9(13(17)18-19)11(15)12(10)16/h1-6,19H,(H2,17,18). The summed E-state index contributed by atoms with van der Waals surface area (Å²) in [5.41, 5.74) is 5.68. The first-order chi connectivity index (χ1) is 9.52. The molecule has 0 radical (unpaired) electrons. The van der Waals surface area contributed by atoms with Crippen LogP contribution < -0.4 is 10.5 Å². The van der Waals surface area contributed by atoms with Crippen LogP contribution in [-0.4, -0.2) is 11.0 Å². The maximum atomic E-state index is 14.2. The minimum Gasteiger partial charge on any atom is -0.454 e. The first-order valence-corrected chi connectivity index (χ1v) is 7.01. The number of ether oxygens (including phenoxy) is 1. The molecule has 2 aromatic carbocycles. The van der Waals surface area contributed by atoms with Crippen molar-refractivity contribution in [3.05, 3.63) is 56.7 Å². The van der Waals surface area contributed by atoms with E-state index in [9.17, 15) is 4.39 Å². The van der Waals surface area contributed by atoms with Gasteiger partial charge in [-0.25, -0.2) is 4.39 Å². The number of hydrogen-bond acceptors (Lipinski definition) is 3. The topological polar surface area (TPSA) is 67.8 Å². The molecule has 2 aromatic rings. The van der Waals surface area contributed by atoms with Gasteiger partial charge in [-0.05, 0) is 52.3 Å². The van der Waals surface area contributed by atoms with E-state index in [0.29, 0.717) is 5.75 Å². The average molecular weight is 404 g/mol. The predicted molar refractivity (Wildman–Crippen MR) is 80.8 cm³/mol. The van der Waals surface area contributed by atoms with Gasteiger partial charge in [0.05, 0.1) is 4.47 Å². The van der Waals surface area contributed by atoms with E-state index in [-0.39, 0.29) is 21.6 Å². The molecule has 2 rings (SSSR count). The number of oxime groups is 1. The SMILES string of the molecule is N/C(=N/O)c1ccc(Oc2ccc(Br)cc2)c(F)c1Br. The van der Waals surface area contributed by atoms with Gasteiger partial charge in [0.1, 0.15) is 5.75 Å². The van der Waals surface area contributed by atoms with Gasteiger partial charge >= 0.3 is 0 Å². The molecule has 0 saturated carbocycles. The number of benzene rings is 2. The van der Waals surface area contributed by atoms with Crippen molar-refractivity contribution >= 4 is 37.7 Å². The molecule has 0 atom stereocenters. The molecule has 0 unspecified atom stereocenters. The second-order valence-electron chi connectivity index (χ2n) is 3.78. The highest BCUT2D eigenvalue weighted by molar-refractivity contribution is 9.10. The van der Waals surface area contributed by atoms with E-state index in [2.05, 4.69) is 37.0 Å². The Morgan fingerprint density at radius 1 is 1.15 bits per heavy atom. The third-order valence-electron chi connectivity index (χ3n) is 2.47. The molecule has 0 bridgehead atoms. The molecular formula is C13H9Br2FN2O2. The smallest absolute Gasteiger partial charge is 0.180 e. The number of hydrogen-bond donors (Lipinski definition) is 2. The van der Waals surface area contributed by atoms with Gasteiger partial charge in [0.25, 0.3) is 0 Å².